The zero-order valence-corrected chi connectivity index (χ0v) is 19.7. The maximum Gasteiger partial charge on any atom is 0.326 e. The van der Waals surface area contributed by atoms with Crippen LogP contribution in [0.5, 0.6) is 0 Å². The van der Waals surface area contributed by atoms with Gasteiger partial charge in [-0.25, -0.2) is 4.79 Å². The lowest BCUT2D eigenvalue weighted by Crippen LogP contribution is -2.55. The Morgan fingerprint density at radius 1 is 1.06 bits per heavy atom. The maximum absolute atomic E-state index is 13.0. The molecule has 4 amide bonds. The molecular formula is C23H32N6O6. The molecule has 0 aliphatic heterocycles. The average Bonchev–Trinajstić information content (AvgIpc) is 3.23. The van der Waals surface area contributed by atoms with Crippen LogP contribution in [0.25, 0.3) is 10.9 Å². The van der Waals surface area contributed by atoms with Gasteiger partial charge in [-0.2, -0.15) is 0 Å². The van der Waals surface area contributed by atoms with Crippen molar-refractivity contribution in [3.63, 3.8) is 0 Å². The topological polar surface area (TPSA) is 209 Å². The van der Waals surface area contributed by atoms with Crippen LogP contribution in [-0.4, -0.2) is 64.4 Å². The summed E-state index contributed by atoms with van der Waals surface area (Å²) in [7, 11) is 0. The van der Waals surface area contributed by atoms with Crippen molar-refractivity contribution in [3.05, 3.63) is 36.0 Å². The molecule has 2 aromatic rings. The van der Waals surface area contributed by atoms with Crippen molar-refractivity contribution in [1.29, 1.82) is 0 Å². The van der Waals surface area contributed by atoms with E-state index in [0.717, 1.165) is 16.5 Å². The van der Waals surface area contributed by atoms with Crippen LogP contribution in [0.15, 0.2) is 30.5 Å². The van der Waals surface area contributed by atoms with E-state index in [9.17, 15) is 24.0 Å². The molecular weight excluding hydrogens is 456 g/mol. The number of nitrogens with one attached hydrogen (secondary N) is 4. The molecule has 0 spiro atoms. The molecule has 0 saturated heterocycles. The number of carboxylic acid groups (broad SMARTS) is 1. The number of hydrogen-bond donors (Lipinski definition) is 7. The van der Waals surface area contributed by atoms with Crippen LogP contribution in [0, 0.1) is 5.92 Å². The first kappa shape index (κ1) is 27.3. The average molecular weight is 489 g/mol. The van der Waals surface area contributed by atoms with Gasteiger partial charge in [-0.3, -0.25) is 19.2 Å². The largest absolute Gasteiger partial charge is 0.480 e. The summed E-state index contributed by atoms with van der Waals surface area (Å²) in [5.74, 6) is -4.45. The number of rotatable bonds is 13. The van der Waals surface area contributed by atoms with Crippen LogP contribution >= 0.6 is 0 Å². The lowest BCUT2D eigenvalue weighted by atomic mass is 9.98. The Morgan fingerprint density at radius 2 is 1.74 bits per heavy atom. The molecule has 35 heavy (non-hydrogen) atoms. The molecule has 2 rings (SSSR count). The second kappa shape index (κ2) is 12.5. The highest BCUT2D eigenvalue weighted by Crippen LogP contribution is 2.19. The minimum absolute atomic E-state index is 0.115. The molecule has 0 saturated carbocycles. The van der Waals surface area contributed by atoms with Crippen molar-refractivity contribution in [2.45, 2.75) is 51.2 Å². The van der Waals surface area contributed by atoms with Crippen molar-refractivity contribution >= 4 is 40.5 Å². The van der Waals surface area contributed by atoms with Gasteiger partial charge in [0.15, 0.2) is 0 Å². The molecule has 12 heteroatoms. The molecule has 190 valence electrons. The zero-order chi connectivity index (χ0) is 26.1. The second-order valence-corrected chi connectivity index (χ2v) is 8.38. The number of primary amides is 1. The lowest BCUT2D eigenvalue weighted by molar-refractivity contribution is -0.143. The van der Waals surface area contributed by atoms with Crippen molar-refractivity contribution in [2.24, 2.45) is 17.4 Å². The fourth-order valence-corrected chi connectivity index (χ4v) is 3.45. The number of fused-ring (bicyclic) bond motifs is 1. The third-order valence-corrected chi connectivity index (χ3v) is 5.75. The van der Waals surface area contributed by atoms with Crippen LogP contribution < -0.4 is 27.4 Å². The van der Waals surface area contributed by atoms with Gasteiger partial charge in [0.05, 0.1) is 19.0 Å². The third-order valence-electron chi connectivity index (χ3n) is 5.75. The van der Waals surface area contributed by atoms with Crippen molar-refractivity contribution < 1.29 is 29.1 Å². The molecule has 4 unspecified atom stereocenters. The van der Waals surface area contributed by atoms with Crippen LogP contribution in [0.1, 0.15) is 32.3 Å². The molecule has 0 fully saturated rings. The monoisotopic (exact) mass is 488 g/mol. The zero-order valence-electron chi connectivity index (χ0n) is 19.7. The summed E-state index contributed by atoms with van der Waals surface area (Å²) >= 11 is 0. The van der Waals surface area contributed by atoms with Gasteiger partial charge < -0.3 is 37.5 Å². The summed E-state index contributed by atoms with van der Waals surface area (Å²) in [4.78, 5) is 63.1. The predicted molar refractivity (Wildman–Crippen MR) is 128 cm³/mol. The van der Waals surface area contributed by atoms with Gasteiger partial charge in [0.1, 0.15) is 12.1 Å². The van der Waals surface area contributed by atoms with E-state index >= 15 is 0 Å². The smallest absolute Gasteiger partial charge is 0.326 e. The second-order valence-electron chi connectivity index (χ2n) is 8.38. The number of nitrogens with two attached hydrogens (primary N) is 2. The Labute approximate surface area is 202 Å². The maximum atomic E-state index is 13.0. The Morgan fingerprint density at radius 3 is 2.37 bits per heavy atom. The molecule has 12 nitrogen and oxygen atoms in total. The number of aromatic nitrogens is 1. The Bertz CT molecular complexity index is 1080. The van der Waals surface area contributed by atoms with Gasteiger partial charge in [0, 0.05) is 23.5 Å². The van der Waals surface area contributed by atoms with Gasteiger partial charge in [-0.1, -0.05) is 38.5 Å². The Hall–Kier alpha value is -3.93. The van der Waals surface area contributed by atoms with Gasteiger partial charge in [-0.05, 0) is 17.5 Å². The highest BCUT2D eigenvalue weighted by atomic mass is 16.4. The Kier molecular flexibility index (Phi) is 9.76. The van der Waals surface area contributed by atoms with Gasteiger partial charge in [0.2, 0.25) is 23.6 Å². The van der Waals surface area contributed by atoms with E-state index < -0.39 is 60.7 Å². The van der Waals surface area contributed by atoms with Gasteiger partial charge in [-0.15, -0.1) is 0 Å². The fourth-order valence-electron chi connectivity index (χ4n) is 3.45. The number of H-pyrrole nitrogens is 1. The van der Waals surface area contributed by atoms with Crippen LogP contribution in [0.4, 0.5) is 0 Å². The van der Waals surface area contributed by atoms with Crippen molar-refractivity contribution in [2.75, 3.05) is 6.54 Å². The quantitative estimate of drug-likeness (QED) is 0.189. The molecule has 1 heterocycles. The molecule has 0 bridgehead atoms. The van der Waals surface area contributed by atoms with E-state index in [1.54, 1.807) is 6.20 Å². The van der Waals surface area contributed by atoms with Crippen LogP contribution in [0.2, 0.25) is 0 Å². The summed E-state index contributed by atoms with van der Waals surface area (Å²) < 4.78 is 0. The summed E-state index contributed by atoms with van der Waals surface area (Å²) in [6.07, 6.45) is 1.93. The molecule has 1 aromatic heterocycles. The molecule has 0 radical (unpaired) electrons. The number of para-hydroxylation sites is 1. The Balaban J connectivity index is 2.13. The van der Waals surface area contributed by atoms with E-state index in [1.165, 1.54) is 0 Å². The van der Waals surface area contributed by atoms with E-state index in [0.29, 0.717) is 6.42 Å². The van der Waals surface area contributed by atoms with E-state index in [1.807, 2.05) is 38.1 Å². The highest BCUT2D eigenvalue weighted by molar-refractivity contribution is 5.94. The van der Waals surface area contributed by atoms with Crippen molar-refractivity contribution in [3.8, 4) is 0 Å². The lowest BCUT2D eigenvalue weighted by Gasteiger charge is -2.23. The minimum Gasteiger partial charge on any atom is -0.480 e. The van der Waals surface area contributed by atoms with Crippen LogP contribution in [0.3, 0.4) is 0 Å². The highest BCUT2D eigenvalue weighted by Gasteiger charge is 2.28. The minimum atomic E-state index is -1.52. The normalized spacial score (nSPS) is 14.4. The first-order valence-corrected chi connectivity index (χ1v) is 11.2. The predicted octanol–water partition coefficient (Wildman–Crippen LogP) is -0.870. The molecule has 0 aliphatic rings. The van der Waals surface area contributed by atoms with E-state index in [4.69, 9.17) is 16.6 Å². The number of carboxylic acids is 1. The van der Waals surface area contributed by atoms with Crippen molar-refractivity contribution in [1.82, 2.24) is 20.9 Å². The van der Waals surface area contributed by atoms with Gasteiger partial charge >= 0.3 is 5.97 Å². The third kappa shape index (κ3) is 7.81. The summed E-state index contributed by atoms with van der Waals surface area (Å²) in [6, 6.07) is 4.06. The number of carbonyl (C=O) groups is 5. The fraction of sp³-hybridized carbons (Fsp3) is 0.435. The summed E-state index contributed by atoms with van der Waals surface area (Å²) in [5.41, 5.74) is 12.7. The standard InChI is InChI=1S/C23H32N6O6/c1-3-12(2)20(25)22(33)29-16(8-13-10-26-15-7-5-4-6-14(13)15)21(32)27-11-19(31)28-17(23(34)35)9-18(24)30/h4-7,10,12,16-17,20,26H,3,8-9,11,25H2,1-2H3,(H2,24,30)(H,27,32)(H,28,31)(H,29,33)(H,34,35). The molecule has 9 N–H and O–H groups in total. The summed E-state index contributed by atoms with van der Waals surface area (Å²) in [6.45, 7) is 3.16. The molecule has 4 atom stereocenters. The number of carbonyl (C=O) groups excluding carboxylic acids is 4. The molecule has 0 aliphatic carbocycles. The first-order valence-electron chi connectivity index (χ1n) is 11.2. The number of amides is 4. The SMILES string of the molecule is CCC(C)C(N)C(=O)NC(Cc1c[nH]c2ccccc12)C(=O)NCC(=O)NC(CC(N)=O)C(=O)O. The molecule has 1 aromatic carbocycles. The van der Waals surface area contributed by atoms with Crippen LogP contribution in [-0.2, 0) is 30.4 Å². The number of benzene rings is 1. The van der Waals surface area contributed by atoms with E-state index in [2.05, 4.69) is 20.9 Å². The van der Waals surface area contributed by atoms with E-state index in [-0.39, 0.29) is 12.3 Å². The first-order chi connectivity index (χ1) is 16.5. The number of aliphatic carboxylic acids is 1. The number of hydrogen-bond acceptors (Lipinski definition) is 6. The van der Waals surface area contributed by atoms with Gasteiger partial charge in [0.25, 0.3) is 0 Å². The summed E-state index contributed by atoms with van der Waals surface area (Å²) in [5, 5.41) is 17.2. The number of aromatic amines is 1.